The minimum absolute atomic E-state index is 0.0422. The Morgan fingerprint density at radius 2 is 1.85 bits per heavy atom. The maximum atomic E-state index is 13.2. The van der Waals surface area contributed by atoms with Crippen LogP contribution in [0.2, 0.25) is 0 Å². The number of carbonyl (C=O) groups is 2. The topological polar surface area (TPSA) is 53.5 Å². The molecule has 0 N–H and O–H groups in total. The van der Waals surface area contributed by atoms with E-state index < -0.39 is 0 Å². The van der Waals surface area contributed by atoms with Gasteiger partial charge >= 0.3 is 0 Å². The monoisotopic (exact) mass is 371 g/mol. The number of para-hydroxylation sites is 1. The van der Waals surface area contributed by atoms with Crippen LogP contribution in [0.3, 0.4) is 0 Å². The molecule has 0 bridgehead atoms. The van der Waals surface area contributed by atoms with Crippen LogP contribution in [0.4, 0.5) is 0 Å². The molecule has 6 heteroatoms. The van der Waals surface area contributed by atoms with Crippen LogP contribution in [0.25, 0.3) is 10.2 Å². The van der Waals surface area contributed by atoms with Gasteiger partial charge in [0.1, 0.15) is 5.01 Å². The first-order valence-electron chi connectivity index (χ1n) is 9.55. The molecule has 0 saturated carbocycles. The predicted octanol–water partition coefficient (Wildman–Crippen LogP) is 3.61. The summed E-state index contributed by atoms with van der Waals surface area (Å²) in [6.45, 7) is 3.83. The molecule has 0 spiro atoms. The molecule has 2 aliphatic rings. The van der Waals surface area contributed by atoms with Gasteiger partial charge in [-0.25, -0.2) is 4.98 Å². The largest absolute Gasteiger partial charge is 0.343 e. The summed E-state index contributed by atoms with van der Waals surface area (Å²) in [6.07, 6.45) is 4.77. The van der Waals surface area contributed by atoms with E-state index in [0.29, 0.717) is 13.1 Å². The summed E-state index contributed by atoms with van der Waals surface area (Å²) in [5.41, 5.74) is 1.03. The normalized spacial score (nSPS) is 22.0. The van der Waals surface area contributed by atoms with Crippen molar-refractivity contribution >= 4 is 33.4 Å². The fourth-order valence-electron chi connectivity index (χ4n) is 4.16. The fourth-order valence-corrected chi connectivity index (χ4v) is 5.28. The summed E-state index contributed by atoms with van der Waals surface area (Å²) in [4.78, 5) is 33.5. The van der Waals surface area contributed by atoms with Gasteiger partial charge in [0.15, 0.2) is 0 Å². The molecule has 1 aromatic carbocycles. The molecule has 3 heterocycles. The molecule has 2 aromatic rings. The van der Waals surface area contributed by atoms with Crippen LogP contribution in [0.15, 0.2) is 24.3 Å². The standard InChI is InChI=1S/C20H25N3O2S/c1-14(24)22-12-9-15(10-13-22)20(25)23-11-5-4-7-17(23)19-21-16-6-2-3-8-18(16)26-19/h2-3,6,8,15,17H,4-5,7,9-13H2,1H3/t17-/m0/s1. The number of thiazole rings is 1. The summed E-state index contributed by atoms with van der Waals surface area (Å²) in [7, 11) is 0. The van der Waals surface area contributed by atoms with Crippen molar-refractivity contribution in [3.8, 4) is 0 Å². The number of aromatic nitrogens is 1. The number of benzene rings is 1. The molecular weight excluding hydrogens is 346 g/mol. The lowest BCUT2D eigenvalue weighted by atomic mass is 9.92. The highest BCUT2D eigenvalue weighted by molar-refractivity contribution is 7.18. The van der Waals surface area contributed by atoms with E-state index in [1.807, 2.05) is 23.1 Å². The van der Waals surface area contributed by atoms with Gasteiger partial charge in [0.2, 0.25) is 11.8 Å². The van der Waals surface area contributed by atoms with Crippen molar-refractivity contribution in [2.24, 2.45) is 5.92 Å². The highest BCUT2D eigenvalue weighted by Crippen LogP contribution is 2.37. The van der Waals surface area contributed by atoms with E-state index in [1.165, 1.54) is 4.70 Å². The van der Waals surface area contributed by atoms with E-state index in [4.69, 9.17) is 4.98 Å². The van der Waals surface area contributed by atoms with E-state index in [0.717, 1.165) is 49.2 Å². The van der Waals surface area contributed by atoms with Crippen molar-refractivity contribution in [3.63, 3.8) is 0 Å². The van der Waals surface area contributed by atoms with Crippen molar-refractivity contribution in [2.45, 2.75) is 45.1 Å². The molecule has 5 nitrogen and oxygen atoms in total. The zero-order valence-corrected chi connectivity index (χ0v) is 16.0. The SMILES string of the molecule is CC(=O)N1CCC(C(=O)N2CCCC[C@H]2c2nc3ccccc3s2)CC1. The number of hydrogen-bond acceptors (Lipinski definition) is 4. The van der Waals surface area contributed by atoms with E-state index in [1.54, 1.807) is 18.3 Å². The van der Waals surface area contributed by atoms with Gasteiger partial charge in [0.25, 0.3) is 0 Å². The van der Waals surface area contributed by atoms with Crippen molar-refractivity contribution in [3.05, 3.63) is 29.3 Å². The first kappa shape index (κ1) is 17.5. The Bertz CT molecular complexity index is 777. The fraction of sp³-hybridized carbons (Fsp3) is 0.550. The summed E-state index contributed by atoms with van der Waals surface area (Å²) in [5, 5.41) is 1.07. The molecule has 138 valence electrons. The number of piperidine rings is 2. The third kappa shape index (κ3) is 3.34. The van der Waals surface area contributed by atoms with Crippen LogP contribution in [0.5, 0.6) is 0 Å². The zero-order valence-electron chi connectivity index (χ0n) is 15.2. The Kier molecular flexibility index (Phi) is 4.94. The van der Waals surface area contributed by atoms with Gasteiger partial charge in [-0.3, -0.25) is 9.59 Å². The molecule has 0 unspecified atom stereocenters. The lowest BCUT2D eigenvalue weighted by Gasteiger charge is -2.39. The van der Waals surface area contributed by atoms with Crippen LogP contribution in [0, 0.1) is 5.92 Å². The van der Waals surface area contributed by atoms with Gasteiger partial charge in [-0.1, -0.05) is 12.1 Å². The number of amides is 2. The van der Waals surface area contributed by atoms with Crippen LogP contribution in [0.1, 0.15) is 50.1 Å². The molecule has 26 heavy (non-hydrogen) atoms. The van der Waals surface area contributed by atoms with E-state index in [-0.39, 0.29) is 23.8 Å². The van der Waals surface area contributed by atoms with Crippen LogP contribution < -0.4 is 0 Å². The average molecular weight is 372 g/mol. The number of nitrogens with zero attached hydrogens (tertiary/aromatic N) is 3. The van der Waals surface area contributed by atoms with Gasteiger partial charge in [0, 0.05) is 32.5 Å². The number of hydrogen-bond donors (Lipinski definition) is 0. The molecule has 2 fully saturated rings. The molecule has 2 amide bonds. The number of rotatable bonds is 2. The van der Waals surface area contributed by atoms with Crippen molar-refractivity contribution in [1.29, 1.82) is 0 Å². The minimum Gasteiger partial charge on any atom is -0.343 e. The molecule has 1 atom stereocenters. The van der Waals surface area contributed by atoms with Crippen LogP contribution in [-0.4, -0.2) is 46.2 Å². The van der Waals surface area contributed by atoms with Crippen molar-refractivity contribution in [1.82, 2.24) is 14.8 Å². The van der Waals surface area contributed by atoms with Crippen LogP contribution in [-0.2, 0) is 9.59 Å². The molecule has 1 aromatic heterocycles. The summed E-state index contributed by atoms with van der Waals surface area (Å²) >= 11 is 1.72. The quantitative estimate of drug-likeness (QED) is 0.810. The Balaban J connectivity index is 1.52. The van der Waals surface area contributed by atoms with Crippen molar-refractivity contribution in [2.75, 3.05) is 19.6 Å². The van der Waals surface area contributed by atoms with Crippen LogP contribution >= 0.6 is 11.3 Å². The molecule has 4 rings (SSSR count). The second kappa shape index (κ2) is 7.35. The number of carbonyl (C=O) groups excluding carboxylic acids is 2. The lowest BCUT2D eigenvalue weighted by Crippen LogP contribution is -2.46. The highest BCUT2D eigenvalue weighted by Gasteiger charge is 2.35. The van der Waals surface area contributed by atoms with Gasteiger partial charge in [-0.15, -0.1) is 11.3 Å². The van der Waals surface area contributed by atoms with E-state index >= 15 is 0 Å². The van der Waals surface area contributed by atoms with E-state index in [9.17, 15) is 9.59 Å². The van der Waals surface area contributed by atoms with E-state index in [2.05, 4.69) is 11.0 Å². The minimum atomic E-state index is 0.0422. The maximum Gasteiger partial charge on any atom is 0.226 e. The summed E-state index contributed by atoms with van der Waals surface area (Å²) in [5.74, 6) is 0.416. The second-order valence-corrected chi connectivity index (χ2v) is 8.41. The highest BCUT2D eigenvalue weighted by atomic mass is 32.1. The van der Waals surface area contributed by atoms with Crippen molar-refractivity contribution < 1.29 is 9.59 Å². The molecule has 0 aliphatic carbocycles. The average Bonchev–Trinajstić information content (AvgIpc) is 3.11. The summed E-state index contributed by atoms with van der Waals surface area (Å²) in [6, 6.07) is 8.31. The van der Waals surface area contributed by atoms with Gasteiger partial charge < -0.3 is 9.80 Å². The number of fused-ring (bicyclic) bond motifs is 1. The van der Waals surface area contributed by atoms with Gasteiger partial charge in [-0.2, -0.15) is 0 Å². The molecule has 2 saturated heterocycles. The smallest absolute Gasteiger partial charge is 0.226 e. The summed E-state index contributed by atoms with van der Waals surface area (Å²) < 4.78 is 1.19. The number of likely N-dealkylation sites (tertiary alicyclic amines) is 2. The second-order valence-electron chi connectivity index (χ2n) is 7.34. The zero-order chi connectivity index (χ0) is 18.1. The first-order valence-corrected chi connectivity index (χ1v) is 10.4. The third-order valence-corrected chi connectivity index (χ3v) is 6.81. The predicted molar refractivity (Wildman–Crippen MR) is 103 cm³/mol. The Hall–Kier alpha value is -1.95. The van der Waals surface area contributed by atoms with Gasteiger partial charge in [-0.05, 0) is 44.2 Å². The Morgan fingerprint density at radius 1 is 1.08 bits per heavy atom. The van der Waals surface area contributed by atoms with Gasteiger partial charge in [0.05, 0.1) is 16.3 Å². The molecular formula is C20H25N3O2S. The maximum absolute atomic E-state index is 13.2. The first-order chi connectivity index (χ1) is 12.6. The lowest BCUT2D eigenvalue weighted by molar-refractivity contribution is -0.143. The molecule has 0 radical (unpaired) electrons. The Morgan fingerprint density at radius 3 is 2.58 bits per heavy atom. The molecule has 2 aliphatic heterocycles. The Labute approximate surface area is 158 Å². The third-order valence-electron chi connectivity index (χ3n) is 5.67.